The van der Waals surface area contributed by atoms with Crippen molar-refractivity contribution in [1.82, 2.24) is 16.2 Å². The van der Waals surface area contributed by atoms with Gasteiger partial charge in [0.05, 0.1) is 29.5 Å². The molecule has 0 saturated carbocycles. The molecule has 2 aromatic rings. The van der Waals surface area contributed by atoms with Crippen LogP contribution in [-0.2, 0) is 20.7 Å². The Kier molecular flexibility index (Phi) is 10.8. The second kappa shape index (κ2) is 13.8. The van der Waals surface area contributed by atoms with Gasteiger partial charge in [-0.15, -0.1) is 0 Å². The van der Waals surface area contributed by atoms with Crippen LogP contribution >= 0.6 is 23.2 Å². The molecule has 0 atom stereocenters. The smallest absolute Gasteiger partial charge is 0.425 e. The molecule has 186 valence electrons. The number of amides is 3. The van der Waals surface area contributed by atoms with E-state index in [0.29, 0.717) is 16.3 Å². The molecule has 0 spiro atoms. The average Bonchev–Trinajstić information content (AvgIpc) is 2.81. The van der Waals surface area contributed by atoms with Gasteiger partial charge in [0.1, 0.15) is 6.34 Å². The molecule has 2 aromatic carbocycles. The Morgan fingerprint density at radius 2 is 1.91 bits per heavy atom. The normalized spacial score (nSPS) is 10.5. The van der Waals surface area contributed by atoms with Gasteiger partial charge < -0.3 is 20.5 Å². The van der Waals surface area contributed by atoms with Crippen molar-refractivity contribution < 1.29 is 29.0 Å². The van der Waals surface area contributed by atoms with E-state index in [2.05, 4.69) is 31.2 Å². The third kappa shape index (κ3) is 9.51. The molecule has 35 heavy (non-hydrogen) atoms. The van der Waals surface area contributed by atoms with Crippen LogP contribution in [0.15, 0.2) is 41.4 Å². The number of carboxylic acids is 1. The maximum Gasteiger partial charge on any atom is 0.425 e. The fourth-order valence-electron chi connectivity index (χ4n) is 2.74. The number of ether oxygens (including phenoxy) is 1. The Morgan fingerprint density at radius 1 is 1.14 bits per heavy atom. The van der Waals surface area contributed by atoms with Crippen LogP contribution in [0.4, 0.5) is 16.2 Å². The number of anilines is 1. The molecule has 0 aliphatic carbocycles. The van der Waals surface area contributed by atoms with Gasteiger partial charge in [-0.3, -0.25) is 19.8 Å². The lowest BCUT2D eigenvalue weighted by molar-refractivity contribution is -0.137. The zero-order valence-electron chi connectivity index (χ0n) is 18.6. The first-order valence-corrected chi connectivity index (χ1v) is 11.0. The van der Waals surface area contributed by atoms with Gasteiger partial charge in [-0.2, -0.15) is 0 Å². The van der Waals surface area contributed by atoms with Gasteiger partial charge in [-0.1, -0.05) is 29.3 Å². The van der Waals surface area contributed by atoms with Crippen LogP contribution in [0.5, 0.6) is 0 Å². The molecule has 11 nitrogen and oxygen atoms in total. The van der Waals surface area contributed by atoms with E-state index in [-0.39, 0.29) is 42.3 Å². The fourth-order valence-corrected chi connectivity index (χ4v) is 3.33. The first kappa shape index (κ1) is 27.4. The Hall–Kier alpha value is -3.83. The molecule has 0 aliphatic rings. The van der Waals surface area contributed by atoms with E-state index in [0.717, 1.165) is 0 Å². The largest absolute Gasteiger partial charge is 0.481 e. The topological polar surface area (TPSA) is 158 Å². The molecule has 0 fully saturated rings. The van der Waals surface area contributed by atoms with Crippen molar-refractivity contribution in [3.05, 3.63) is 57.6 Å². The predicted molar refractivity (Wildman–Crippen MR) is 131 cm³/mol. The second-order valence-electron chi connectivity index (χ2n) is 6.84. The quantitative estimate of drug-likeness (QED) is 0.171. The Labute approximate surface area is 210 Å². The predicted octanol–water partition coefficient (Wildman–Crippen LogP) is 3.29. The van der Waals surface area contributed by atoms with Crippen LogP contribution in [-0.4, -0.2) is 48.5 Å². The van der Waals surface area contributed by atoms with Gasteiger partial charge in [0, 0.05) is 17.0 Å². The monoisotopic (exact) mass is 523 g/mol. The van der Waals surface area contributed by atoms with Gasteiger partial charge in [0.25, 0.3) is 5.91 Å². The molecular weight excluding hydrogens is 501 g/mol. The van der Waals surface area contributed by atoms with Crippen molar-refractivity contribution >= 4 is 64.8 Å². The number of nitrogens with zero attached hydrogens (tertiary/aromatic N) is 1. The van der Waals surface area contributed by atoms with E-state index in [1.165, 1.54) is 30.6 Å². The van der Waals surface area contributed by atoms with Crippen molar-refractivity contribution in [2.24, 2.45) is 4.99 Å². The molecule has 0 heterocycles. The molecule has 2 rings (SSSR count). The number of hydrogen-bond acceptors (Lipinski definition) is 6. The number of aliphatic imine (C=N–C) groups is 1. The van der Waals surface area contributed by atoms with E-state index in [4.69, 9.17) is 28.3 Å². The zero-order valence-corrected chi connectivity index (χ0v) is 20.1. The van der Waals surface area contributed by atoms with E-state index in [1.54, 1.807) is 19.1 Å². The van der Waals surface area contributed by atoms with Crippen LogP contribution in [0.25, 0.3) is 0 Å². The highest BCUT2D eigenvalue weighted by molar-refractivity contribution is 6.37. The highest BCUT2D eigenvalue weighted by Crippen LogP contribution is 2.31. The summed E-state index contributed by atoms with van der Waals surface area (Å²) in [6.07, 6.45) is 0.469. The summed E-state index contributed by atoms with van der Waals surface area (Å²) in [6, 6.07) is 9.20. The van der Waals surface area contributed by atoms with Crippen molar-refractivity contribution in [2.75, 3.05) is 18.5 Å². The lowest BCUT2D eigenvalue weighted by Gasteiger charge is -2.14. The molecule has 0 aliphatic heterocycles. The first-order chi connectivity index (χ1) is 16.7. The summed E-state index contributed by atoms with van der Waals surface area (Å²) >= 11 is 12.2. The minimum Gasteiger partial charge on any atom is -0.481 e. The summed E-state index contributed by atoms with van der Waals surface area (Å²) in [4.78, 5) is 51.0. The number of nitrogens with one attached hydrogen (secondary N) is 4. The van der Waals surface area contributed by atoms with E-state index >= 15 is 0 Å². The standard InChI is InChI=1S/C22H23Cl2N5O6/c1-2-35-22(34)29-27-12-26-16-5-3-4-14(9-16)21(33)25-11-18(30)28-20-13(6-7-19(31)32)8-15(23)10-17(20)24/h3-5,8-10,12H,2,6-7,11H2,1H3,(H,25,33)(H,26,27)(H,28,30)(H,29,34)(H,31,32). The number of carboxylic acid groups (broad SMARTS) is 1. The molecule has 0 unspecified atom stereocenters. The van der Waals surface area contributed by atoms with Crippen LogP contribution in [0.2, 0.25) is 10.0 Å². The van der Waals surface area contributed by atoms with Crippen molar-refractivity contribution in [1.29, 1.82) is 0 Å². The summed E-state index contributed by atoms with van der Waals surface area (Å²) < 4.78 is 4.67. The summed E-state index contributed by atoms with van der Waals surface area (Å²) in [6.45, 7) is 1.52. The first-order valence-electron chi connectivity index (χ1n) is 10.3. The van der Waals surface area contributed by atoms with Gasteiger partial charge in [-0.05, 0) is 49.2 Å². The minimum atomic E-state index is -1.01. The molecule has 0 saturated heterocycles. The summed E-state index contributed by atoms with van der Waals surface area (Å²) in [5, 5.41) is 14.5. The molecule has 13 heteroatoms. The Morgan fingerprint density at radius 3 is 2.63 bits per heavy atom. The number of aliphatic carboxylic acids is 1. The highest BCUT2D eigenvalue weighted by atomic mass is 35.5. The number of carbonyl (C=O) groups excluding carboxylic acids is 3. The van der Waals surface area contributed by atoms with Crippen LogP contribution in [0.3, 0.4) is 0 Å². The van der Waals surface area contributed by atoms with Gasteiger partial charge in [0.2, 0.25) is 5.91 Å². The Balaban J connectivity index is 1.95. The third-order valence-electron chi connectivity index (χ3n) is 4.25. The van der Waals surface area contributed by atoms with Crippen molar-refractivity contribution in [2.45, 2.75) is 19.8 Å². The van der Waals surface area contributed by atoms with E-state index < -0.39 is 23.9 Å². The van der Waals surface area contributed by atoms with Gasteiger partial charge in [-0.25, -0.2) is 15.2 Å². The van der Waals surface area contributed by atoms with Gasteiger partial charge >= 0.3 is 12.1 Å². The molecule has 0 bridgehead atoms. The third-order valence-corrected chi connectivity index (χ3v) is 4.77. The summed E-state index contributed by atoms with van der Waals surface area (Å²) in [5.74, 6) is -2.10. The highest BCUT2D eigenvalue weighted by Gasteiger charge is 2.15. The van der Waals surface area contributed by atoms with Crippen molar-refractivity contribution in [3.63, 3.8) is 0 Å². The van der Waals surface area contributed by atoms with Crippen molar-refractivity contribution in [3.8, 4) is 0 Å². The van der Waals surface area contributed by atoms with Crippen LogP contribution in [0.1, 0.15) is 29.3 Å². The number of carbonyl (C=O) groups is 4. The van der Waals surface area contributed by atoms with E-state index in [9.17, 15) is 19.2 Å². The number of benzene rings is 2. The minimum absolute atomic E-state index is 0.106. The lowest BCUT2D eigenvalue weighted by Crippen LogP contribution is -2.36. The second-order valence-corrected chi connectivity index (χ2v) is 7.69. The zero-order chi connectivity index (χ0) is 25.8. The SMILES string of the molecule is CCOC(=O)NNC=Nc1cccc(C(=O)NCC(=O)Nc2c(Cl)cc(Cl)cc2CCC(=O)O)c1. The van der Waals surface area contributed by atoms with Crippen LogP contribution in [0, 0.1) is 0 Å². The summed E-state index contributed by atoms with van der Waals surface area (Å²) in [5.41, 5.74) is 6.03. The average molecular weight is 524 g/mol. The molecule has 0 aromatic heterocycles. The van der Waals surface area contributed by atoms with Crippen LogP contribution < -0.4 is 21.5 Å². The molecule has 5 N–H and O–H groups in total. The summed E-state index contributed by atoms with van der Waals surface area (Å²) in [7, 11) is 0. The van der Waals surface area contributed by atoms with E-state index in [1.807, 2.05) is 0 Å². The molecular formula is C22H23Cl2N5O6. The molecule has 3 amide bonds. The number of hydrogen-bond donors (Lipinski definition) is 5. The fraction of sp³-hybridized carbons (Fsp3) is 0.227. The number of aryl methyl sites for hydroxylation is 1. The molecule has 0 radical (unpaired) electrons. The van der Waals surface area contributed by atoms with Gasteiger partial charge in [0.15, 0.2) is 0 Å². The maximum atomic E-state index is 12.5. The number of rotatable bonds is 11. The maximum absolute atomic E-state index is 12.5. The number of hydrazine groups is 1. The Bertz CT molecular complexity index is 1130. The lowest BCUT2D eigenvalue weighted by atomic mass is 10.1. The number of halogens is 2.